The third-order valence-electron chi connectivity index (χ3n) is 4.31. The molecule has 3 unspecified atom stereocenters. The minimum atomic E-state index is -3.90. The second-order valence-corrected chi connectivity index (χ2v) is 8.73. The Balaban J connectivity index is 1.70. The van der Waals surface area contributed by atoms with Gasteiger partial charge >= 0.3 is 7.82 Å². The Bertz CT molecular complexity index is 940. The lowest BCUT2D eigenvalue weighted by Crippen LogP contribution is -2.45. The Labute approximate surface area is 158 Å². The van der Waals surface area contributed by atoms with Crippen LogP contribution in [0, 0.1) is 0 Å². The number of hydrogen-bond acceptors (Lipinski definition) is 9. The first-order valence-electron chi connectivity index (χ1n) is 8.22. The number of halogens is 2. The van der Waals surface area contributed by atoms with Crippen molar-refractivity contribution in [1.29, 1.82) is 0 Å². The lowest BCUT2D eigenvalue weighted by Gasteiger charge is -2.34. The molecule has 27 heavy (non-hydrogen) atoms. The summed E-state index contributed by atoms with van der Waals surface area (Å²) in [6, 6.07) is 0. The van der Waals surface area contributed by atoms with Crippen molar-refractivity contribution in [3.63, 3.8) is 0 Å². The number of nitrogens with two attached hydrogens (primary N) is 1. The van der Waals surface area contributed by atoms with E-state index in [9.17, 15) is 4.57 Å². The summed E-state index contributed by atoms with van der Waals surface area (Å²) in [5.41, 5.74) is 4.01. The largest absolute Gasteiger partial charge is 0.475 e. The standard InChI is InChI=1S/C14H18ClFN5O5P/c1-6(2)25-27(22)23-4-7-9(26-27)14(3,16)12(24-7)21-5-18-8-10(15)19-13(17)20-11(8)21/h5-7,9,12H,4H2,1-3H3,(H2,17,19,20)/t7-,9?,12-,14?,27?/m1/s1. The number of phosphoric acid groups is 1. The van der Waals surface area contributed by atoms with Crippen molar-refractivity contribution in [3.05, 3.63) is 11.5 Å². The van der Waals surface area contributed by atoms with Crippen LogP contribution in [0.1, 0.15) is 27.0 Å². The molecule has 2 aliphatic heterocycles. The van der Waals surface area contributed by atoms with E-state index in [0.29, 0.717) is 0 Å². The summed E-state index contributed by atoms with van der Waals surface area (Å²) in [7, 11) is -3.90. The van der Waals surface area contributed by atoms with Gasteiger partial charge in [-0.2, -0.15) is 9.97 Å². The SMILES string of the molecule is CC(C)OP1(=O)OC[C@H]2O[C@@H](n3cnc4c(Cl)nc(N)nc43)C(C)(F)C2O1. The number of nitrogen functional groups attached to an aromatic ring is 1. The maximum atomic E-state index is 15.7. The van der Waals surface area contributed by atoms with Crippen LogP contribution in [0.5, 0.6) is 0 Å². The second-order valence-electron chi connectivity index (χ2n) is 6.80. The maximum absolute atomic E-state index is 15.7. The molecule has 2 N–H and O–H groups in total. The van der Waals surface area contributed by atoms with E-state index in [4.69, 9.17) is 35.6 Å². The maximum Gasteiger partial charge on any atom is 0.475 e. The lowest BCUT2D eigenvalue weighted by atomic mass is 9.98. The summed E-state index contributed by atoms with van der Waals surface area (Å²) in [5, 5.41) is 0.0432. The highest BCUT2D eigenvalue weighted by Crippen LogP contribution is 2.60. The van der Waals surface area contributed by atoms with Crippen LogP contribution in [0.25, 0.3) is 11.2 Å². The second kappa shape index (κ2) is 6.33. The van der Waals surface area contributed by atoms with E-state index in [1.54, 1.807) is 13.8 Å². The van der Waals surface area contributed by atoms with Gasteiger partial charge in [-0.05, 0) is 20.8 Å². The van der Waals surface area contributed by atoms with Crippen LogP contribution in [0.15, 0.2) is 6.33 Å². The molecule has 0 bridgehead atoms. The molecule has 0 saturated carbocycles. The molecular weight excluding hydrogens is 404 g/mol. The molecule has 0 radical (unpaired) electrons. The van der Waals surface area contributed by atoms with Crippen molar-refractivity contribution in [3.8, 4) is 0 Å². The minimum Gasteiger partial charge on any atom is -0.368 e. The molecule has 13 heteroatoms. The molecule has 0 amide bonds. The molecule has 2 fully saturated rings. The fraction of sp³-hybridized carbons (Fsp3) is 0.643. The lowest BCUT2D eigenvalue weighted by molar-refractivity contribution is -0.0733. The summed E-state index contributed by atoms with van der Waals surface area (Å²) in [6.07, 6.45) is -2.24. The van der Waals surface area contributed by atoms with Crippen molar-refractivity contribution < 1.29 is 27.3 Å². The predicted octanol–water partition coefficient (Wildman–Crippen LogP) is 2.64. The monoisotopic (exact) mass is 421 g/mol. The Kier molecular flexibility index (Phi) is 4.45. The molecule has 4 heterocycles. The molecule has 4 rings (SSSR count). The zero-order chi connectivity index (χ0) is 19.6. The zero-order valence-corrected chi connectivity index (χ0v) is 16.4. The van der Waals surface area contributed by atoms with E-state index in [1.807, 2.05) is 0 Å². The molecular formula is C14H18ClFN5O5P. The van der Waals surface area contributed by atoms with Gasteiger partial charge in [-0.1, -0.05) is 11.6 Å². The van der Waals surface area contributed by atoms with Crippen molar-refractivity contribution in [2.75, 3.05) is 12.3 Å². The highest BCUT2D eigenvalue weighted by atomic mass is 35.5. The van der Waals surface area contributed by atoms with E-state index >= 15 is 4.39 Å². The van der Waals surface area contributed by atoms with Crippen LogP contribution in [0.3, 0.4) is 0 Å². The van der Waals surface area contributed by atoms with Crippen LogP contribution in [-0.4, -0.2) is 50.1 Å². The first kappa shape index (κ1) is 19.0. The molecule has 2 aliphatic rings. The molecule has 5 atom stereocenters. The number of imidazole rings is 1. The van der Waals surface area contributed by atoms with Crippen LogP contribution in [0.2, 0.25) is 5.15 Å². The van der Waals surface area contributed by atoms with E-state index in [2.05, 4.69) is 15.0 Å². The number of ether oxygens (including phenoxy) is 1. The van der Waals surface area contributed by atoms with Gasteiger partial charge in [0, 0.05) is 0 Å². The molecule has 0 spiro atoms. The third kappa shape index (κ3) is 3.12. The van der Waals surface area contributed by atoms with Gasteiger partial charge in [-0.3, -0.25) is 18.1 Å². The van der Waals surface area contributed by atoms with Crippen LogP contribution in [0.4, 0.5) is 10.3 Å². The summed E-state index contributed by atoms with van der Waals surface area (Å²) >= 11 is 6.02. The number of nitrogens with zero attached hydrogens (tertiary/aromatic N) is 4. The van der Waals surface area contributed by atoms with Crippen molar-refractivity contribution in [2.24, 2.45) is 0 Å². The number of rotatable bonds is 3. The number of anilines is 1. The number of hydrogen-bond donors (Lipinski definition) is 1. The molecule has 148 valence electrons. The molecule has 0 aliphatic carbocycles. The van der Waals surface area contributed by atoms with Crippen LogP contribution in [-0.2, 0) is 22.9 Å². The summed E-state index contributed by atoms with van der Waals surface area (Å²) < 4.78 is 51.3. The number of aromatic nitrogens is 4. The number of alkyl halides is 1. The van der Waals surface area contributed by atoms with Crippen molar-refractivity contribution in [1.82, 2.24) is 19.5 Å². The molecule has 0 aromatic carbocycles. The molecule has 2 saturated heterocycles. The van der Waals surface area contributed by atoms with Gasteiger partial charge in [0.2, 0.25) is 5.95 Å². The fourth-order valence-electron chi connectivity index (χ4n) is 3.23. The van der Waals surface area contributed by atoms with Gasteiger partial charge in [-0.15, -0.1) is 0 Å². The van der Waals surface area contributed by atoms with Crippen molar-refractivity contribution >= 4 is 36.5 Å². The number of phosphoric ester groups is 1. The summed E-state index contributed by atoms with van der Waals surface area (Å²) in [6.45, 7) is 4.49. The van der Waals surface area contributed by atoms with E-state index in [1.165, 1.54) is 17.8 Å². The van der Waals surface area contributed by atoms with Crippen molar-refractivity contribution in [2.45, 2.75) is 51.0 Å². The average molecular weight is 422 g/mol. The normalized spacial score (nSPS) is 36.4. The predicted molar refractivity (Wildman–Crippen MR) is 92.8 cm³/mol. The topological polar surface area (TPSA) is 124 Å². The Morgan fingerprint density at radius 1 is 1.52 bits per heavy atom. The highest BCUT2D eigenvalue weighted by Gasteiger charge is 2.61. The van der Waals surface area contributed by atoms with Gasteiger partial charge in [0.15, 0.2) is 22.7 Å². The first-order chi connectivity index (χ1) is 12.6. The first-order valence-corrected chi connectivity index (χ1v) is 10.1. The van der Waals surface area contributed by atoms with Crippen LogP contribution < -0.4 is 5.73 Å². The van der Waals surface area contributed by atoms with Crippen LogP contribution >= 0.6 is 19.4 Å². The van der Waals surface area contributed by atoms with Gasteiger partial charge in [0.05, 0.1) is 19.0 Å². The average Bonchev–Trinajstić information content (AvgIpc) is 3.05. The Hall–Kier alpha value is -1.36. The molecule has 10 nitrogen and oxygen atoms in total. The van der Waals surface area contributed by atoms with Gasteiger partial charge in [0.1, 0.15) is 17.7 Å². The Morgan fingerprint density at radius 2 is 2.26 bits per heavy atom. The zero-order valence-electron chi connectivity index (χ0n) is 14.7. The highest BCUT2D eigenvalue weighted by molar-refractivity contribution is 7.48. The van der Waals surface area contributed by atoms with Gasteiger partial charge < -0.3 is 10.5 Å². The molecule has 2 aromatic rings. The van der Waals surface area contributed by atoms with E-state index in [0.717, 1.165) is 0 Å². The van der Waals surface area contributed by atoms with Gasteiger partial charge in [0.25, 0.3) is 0 Å². The van der Waals surface area contributed by atoms with E-state index < -0.39 is 38.0 Å². The van der Waals surface area contributed by atoms with E-state index in [-0.39, 0.29) is 28.9 Å². The Morgan fingerprint density at radius 3 is 2.96 bits per heavy atom. The molecule has 2 aromatic heterocycles. The quantitative estimate of drug-likeness (QED) is 0.588. The third-order valence-corrected chi connectivity index (χ3v) is 6.20. The minimum absolute atomic E-state index is 0.0432. The summed E-state index contributed by atoms with van der Waals surface area (Å²) in [5.74, 6) is -0.0837. The number of fused-ring (bicyclic) bond motifs is 2. The summed E-state index contributed by atoms with van der Waals surface area (Å²) in [4.78, 5) is 12.0. The smallest absolute Gasteiger partial charge is 0.368 e. The fourth-order valence-corrected chi connectivity index (χ4v) is 5.08. The van der Waals surface area contributed by atoms with Gasteiger partial charge in [-0.25, -0.2) is 13.9 Å².